The number of carbonyl (C=O) groups is 2. The van der Waals surface area contributed by atoms with Crippen LogP contribution in [-0.2, 0) is 14.6 Å². The molecule has 1 saturated heterocycles. The number of hydrazine groups is 1. The van der Waals surface area contributed by atoms with Crippen molar-refractivity contribution in [2.75, 3.05) is 43.6 Å². The lowest BCUT2D eigenvalue weighted by atomic mass is 10.0. The van der Waals surface area contributed by atoms with Crippen molar-refractivity contribution in [3.63, 3.8) is 0 Å². The van der Waals surface area contributed by atoms with Crippen molar-refractivity contribution in [3.8, 4) is 0 Å². The molecule has 8 nitrogen and oxygen atoms in total. The molecule has 2 aromatic rings. The summed E-state index contributed by atoms with van der Waals surface area (Å²) in [5.41, 5.74) is 6.99. The van der Waals surface area contributed by atoms with Gasteiger partial charge in [-0.2, -0.15) is 0 Å². The molecule has 2 aromatic carbocycles. The number of nitrogens with one attached hydrogen (secondary N) is 2. The predicted octanol–water partition coefficient (Wildman–Crippen LogP) is 0.985. The minimum Gasteiger partial charge on any atom is -0.378 e. The second-order valence-corrected chi connectivity index (χ2v) is 9.69. The smallest absolute Gasteiger partial charge is 0.269 e. The Morgan fingerprint density at radius 2 is 1.63 bits per heavy atom. The van der Waals surface area contributed by atoms with Gasteiger partial charge in [-0.1, -0.05) is 36.4 Å². The lowest BCUT2D eigenvalue weighted by Crippen LogP contribution is -2.51. The SMILES string of the molecule is CN(C)c1cccc(C(=O)NNC(=O)C(c2ccccc2)N2CCS(=O)(=O)CC2)c1. The van der Waals surface area contributed by atoms with E-state index in [-0.39, 0.29) is 24.6 Å². The van der Waals surface area contributed by atoms with Gasteiger partial charge < -0.3 is 4.90 Å². The van der Waals surface area contributed by atoms with Crippen LogP contribution in [-0.4, -0.2) is 63.8 Å². The molecule has 0 aliphatic carbocycles. The van der Waals surface area contributed by atoms with Crippen LogP contribution >= 0.6 is 0 Å². The first kappa shape index (κ1) is 21.8. The van der Waals surface area contributed by atoms with E-state index in [0.29, 0.717) is 5.56 Å². The lowest BCUT2D eigenvalue weighted by Gasteiger charge is -2.33. The first-order chi connectivity index (χ1) is 14.3. The summed E-state index contributed by atoms with van der Waals surface area (Å²) in [5, 5.41) is 0. The van der Waals surface area contributed by atoms with E-state index in [4.69, 9.17) is 0 Å². The minimum atomic E-state index is -3.08. The highest BCUT2D eigenvalue weighted by atomic mass is 32.2. The summed E-state index contributed by atoms with van der Waals surface area (Å²) in [7, 11) is 0.677. The monoisotopic (exact) mass is 430 g/mol. The molecule has 0 bridgehead atoms. The van der Waals surface area contributed by atoms with Crippen LogP contribution in [0.5, 0.6) is 0 Å². The second kappa shape index (κ2) is 9.27. The maximum absolute atomic E-state index is 13.0. The minimum absolute atomic E-state index is 0.00724. The number of rotatable bonds is 5. The Bertz CT molecular complexity index is 995. The van der Waals surface area contributed by atoms with Gasteiger partial charge in [-0.25, -0.2) is 8.42 Å². The van der Waals surface area contributed by atoms with E-state index >= 15 is 0 Å². The predicted molar refractivity (Wildman–Crippen MR) is 116 cm³/mol. The Kier molecular flexibility index (Phi) is 6.73. The summed E-state index contributed by atoms with van der Waals surface area (Å²) in [6, 6.07) is 15.5. The fraction of sp³-hybridized carbons (Fsp3) is 0.333. The van der Waals surface area contributed by atoms with Crippen LogP contribution in [0.4, 0.5) is 5.69 Å². The van der Waals surface area contributed by atoms with E-state index in [2.05, 4.69) is 10.9 Å². The van der Waals surface area contributed by atoms with Crippen LogP contribution in [0, 0.1) is 0 Å². The molecule has 3 rings (SSSR count). The highest BCUT2D eigenvalue weighted by Crippen LogP contribution is 2.23. The van der Waals surface area contributed by atoms with Crippen molar-refractivity contribution >= 4 is 27.3 Å². The standard InChI is InChI=1S/C21H26N4O4S/c1-24(2)18-10-6-9-17(15-18)20(26)22-23-21(27)19(16-7-4-3-5-8-16)25-11-13-30(28,29)14-12-25/h3-10,15,19H,11-14H2,1-2H3,(H,22,26)(H,23,27). The van der Waals surface area contributed by atoms with Crippen molar-refractivity contribution in [2.45, 2.75) is 6.04 Å². The van der Waals surface area contributed by atoms with Crippen molar-refractivity contribution in [1.29, 1.82) is 0 Å². The molecular weight excluding hydrogens is 404 g/mol. The fourth-order valence-corrected chi connectivity index (χ4v) is 4.56. The maximum Gasteiger partial charge on any atom is 0.269 e. The van der Waals surface area contributed by atoms with Gasteiger partial charge in [0.05, 0.1) is 11.5 Å². The van der Waals surface area contributed by atoms with E-state index < -0.39 is 27.7 Å². The van der Waals surface area contributed by atoms with Crippen LogP contribution < -0.4 is 15.8 Å². The summed E-state index contributed by atoms with van der Waals surface area (Å²) in [6.45, 7) is 0.516. The maximum atomic E-state index is 13.0. The van der Waals surface area contributed by atoms with Gasteiger partial charge in [0.1, 0.15) is 6.04 Å². The third-order valence-electron chi connectivity index (χ3n) is 5.03. The fourth-order valence-electron chi connectivity index (χ4n) is 3.33. The molecule has 2 N–H and O–H groups in total. The van der Waals surface area contributed by atoms with E-state index in [9.17, 15) is 18.0 Å². The quantitative estimate of drug-likeness (QED) is 0.687. The summed E-state index contributed by atoms with van der Waals surface area (Å²) >= 11 is 0. The molecule has 0 aromatic heterocycles. The Morgan fingerprint density at radius 1 is 0.967 bits per heavy atom. The Labute approximate surface area is 176 Å². The molecule has 2 amide bonds. The van der Waals surface area contributed by atoms with Gasteiger partial charge in [-0.3, -0.25) is 25.3 Å². The van der Waals surface area contributed by atoms with Crippen LogP contribution in [0.25, 0.3) is 0 Å². The number of hydrogen-bond donors (Lipinski definition) is 2. The van der Waals surface area contributed by atoms with Gasteiger partial charge >= 0.3 is 0 Å². The molecule has 160 valence electrons. The molecule has 1 heterocycles. The Hall–Kier alpha value is -2.91. The zero-order valence-corrected chi connectivity index (χ0v) is 17.9. The molecule has 1 aliphatic rings. The van der Waals surface area contributed by atoms with Crippen molar-refractivity contribution < 1.29 is 18.0 Å². The average Bonchev–Trinajstić information content (AvgIpc) is 2.74. The van der Waals surface area contributed by atoms with Crippen LogP contribution in [0.15, 0.2) is 54.6 Å². The van der Waals surface area contributed by atoms with E-state index in [1.54, 1.807) is 18.2 Å². The molecule has 0 spiro atoms. The summed E-state index contributed by atoms with van der Waals surface area (Å²) in [6.07, 6.45) is 0. The van der Waals surface area contributed by atoms with Gasteiger partial charge in [0.2, 0.25) is 0 Å². The molecule has 1 fully saturated rings. The topological polar surface area (TPSA) is 98.8 Å². The molecule has 30 heavy (non-hydrogen) atoms. The van der Waals surface area contributed by atoms with Gasteiger partial charge in [0.25, 0.3) is 11.8 Å². The van der Waals surface area contributed by atoms with Crippen molar-refractivity contribution in [3.05, 3.63) is 65.7 Å². The normalized spacial score (nSPS) is 17.0. The lowest BCUT2D eigenvalue weighted by molar-refractivity contribution is -0.127. The first-order valence-corrected chi connectivity index (χ1v) is 11.5. The van der Waals surface area contributed by atoms with E-state index in [0.717, 1.165) is 11.3 Å². The third-order valence-corrected chi connectivity index (χ3v) is 6.64. The Balaban J connectivity index is 1.72. The average molecular weight is 431 g/mol. The third kappa shape index (κ3) is 5.37. The highest BCUT2D eigenvalue weighted by molar-refractivity contribution is 7.91. The second-order valence-electron chi connectivity index (χ2n) is 7.39. The number of hydrogen-bond acceptors (Lipinski definition) is 6. The zero-order valence-electron chi connectivity index (χ0n) is 17.0. The molecule has 1 atom stereocenters. The van der Waals surface area contributed by atoms with Crippen molar-refractivity contribution in [2.24, 2.45) is 0 Å². The van der Waals surface area contributed by atoms with Gasteiger partial charge in [0.15, 0.2) is 9.84 Å². The molecular formula is C21H26N4O4S. The van der Waals surface area contributed by atoms with E-state index in [1.807, 2.05) is 60.3 Å². The van der Waals surface area contributed by atoms with Crippen molar-refractivity contribution in [1.82, 2.24) is 15.8 Å². The largest absolute Gasteiger partial charge is 0.378 e. The van der Waals surface area contributed by atoms with Gasteiger partial charge in [0, 0.05) is 38.4 Å². The number of amides is 2. The highest BCUT2D eigenvalue weighted by Gasteiger charge is 2.32. The summed E-state index contributed by atoms with van der Waals surface area (Å²) in [5.74, 6) is -0.835. The molecule has 0 radical (unpaired) electrons. The van der Waals surface area contributed by atoms with E-state index in [1.165, 1.54) is 0 Å². The van der Waals surface area contributed by atoms with Gasteiger partial charge in [-0.15, -0.1) is 0 Å². The zero-order chi connectivity index (χ0) is 21.7. The number of nitrogens with zero attached hydrogens (tertiary/aromatic N) is 2. The van der Waals surface area contributed by atoms with Gasteiger partial charge in [-0.05, 0) is 23.8 Å². The number of benzene rings is 2. The Morgan fingerprint density at radius 3 is 2.27 bits per heavy atom. The summed E-state index contributed by atoms with van der Waals surface area (Å²) in [4.78, 5) is 29.2. The molecule has 1 unspecified atom stereocenters. The molecule has 0 saturated carbocycles. The first-order valence-electron chi connectivity index (χ1n) is 9.64. The van der Waals surface area contributed by atoms with Crippen LogP contribution in [0.2, 0.25) is 0 Å². The summed E-state index contributed by atoms with van der Waals surface area (Å²) < 4.78 is 23.6. The van der Waals surface area contributed by atoms with Crippen LogP contribution in [0.1, 0.15) is 22.0 Å². The number of carbonyl (C=O) groups excluding carboxylic acids is 2. The molecule has 9 heteroatoms. The molecule has 1 aliphatic heterocycles. The van der Waals surface area contributed by atoms with Crippen LogP contribution in [0.3, 0.4) is 0 Å². The number of anilines is 1. The number of sulfone groups is 1.